The predicted molar refractivity (Wildman–Crippen MR) is 63.1 cm³/mol. The number of ketones is 1. The number of aliphatic carboxylic acids is 1. The van der Waals surface area contributed by atoms with Gasteiger partial charge in [-0.05, 0) is 29.4 Å². The van der Waals surface area contributed by atoms with Crippen molar-refractivity contribution in [2.45, 2.75) is 0 Å². The largest absolute Gasteiger partial charge is 0.478 e. The first-order valence-electron chi connectivity index (χ1n) is 5.20. The molecule has 3 rings (SSSR count). The van der Waals surface area contributed by atoms with Gasteiger partial charge in [-0.15, -0.1) is 0 Å². The fourth-order valence-electron chi connectivity index (χ4n) is 2.22. The van der Waals surface area contributed by atoms with Crippen LogP contribution in [0, 0.1) is 0 Å². The normalized spacial score (nSPS) is 16.7. The van der Waals surface area contributed by atoms with E-state index in [1.807, 2.05) is 24.3 Å². The van der Waals surface area contributed by atoms with Crippen LogP contribution in [0.5, 0.6) is 0 Å². The maximum atomic E-state index is 11.7. The van der Waals surface area contributed by atoms with Gasteiger partial charge in [0.2, 0.25) is 0 Å². The topological polar surface area (TPSA) is 54.4 Å². The minimum Gasteiger partial charge on any atom is -0.478 e. The minimum absolute atomic E-state index is 0.138. The molecule has 0 aliphatic heterocycles. The average molecular weight is 224 g/mol. The zero-order chi connectivity index (χ0) is 12.0. The van der Waals surface area contributed by atoms with Crippen LogP contribution in [0.3, 0.4) is 0 Å². The highest BCUT2D eigenvalue weighted by Gasteiger charge is 2.29. The molecule has 0 atom stereocenters. The number of carboxylic acids is 1. The summed E-state index contributed by atoms with van der Waals surface area (Å²) in [6, 6.07) is 7.42. The number of carbonyl (C=O) groups is 2. The third-order valence-electron chi connectivity index (χ3n) is 2.97. The molecule has 2 aliphatic carbocycles. The van der Waals surface area contributed by atoms with E-state index in [4.69, 9.17) is 5.11 Å². The Labute approximate surface area is 97.4 Å². The lowest BCUT2D eigenvalue weighted by Crippen LogP contribution is -2.10. The molecule has 0 radical (unpaired) electrons. The van der Waals surface area contributed by atoms with Crippen LogP contribution in [0.15, 0.2) is 47.6 Å². The molecular weight excluding hydrogens is 216 g/mol. The Balaban J connectivity index is 2.35. The third kappa shape index (κ3) is 1.29. The SMILES string of the molecule is O=C(O)C1=C2C(=Cc3ccccc32)C(=O)C=C1. The summed E-state index contributed by atoms with van der Waals surface area (Å²) in [7, 11) is 0. The average Bonchev–Trinajstić information content (AvgIpc) is 2.69. The predicted octanol–water partition coefficient (Wildman–Crippen LogP) is 2.06. The van der Waals surface area contributed by atoms with Gasteiger partial charge in [0, 0.05) is 11.1 Å². The van der Waals surface area contributed by atoms with Crippen molar-refractivity contribution in [1.82, 2.24) is 0 Å². The van der Waals surface area contributed by atoms with Crippen LogP contribution < -0.4 is 0 Å². The molecule has 3 nitrogen and oxygen atoms in total. The number of hydrogen-bond acceptors (Lipinski definition) is 2. The second-order valence-corrected chi connectivity index (χ2v) is 3.94. The van der Waals surface area contributed by atoms with E-state index in [9.17, 15) is 9.59 Å². The van der Waals surface area contributed by atoms with Gasteiger partial charge in [0.25, 0.3) is 0 Å². The Morgan fingerprint density at radius 3 is 2.65 bits per heavy atom. The summed E-state index contributed by atoms with van der Waals surface area (Å²) in [5.41, 5.74) is 2.92. The van der Waals surface area contributed by atoms with Gasteiger partial charge in [-0.3, -0.25) is 4.79 Å². The fourth-order valence-corrected chi connectivity index (χ4v) is 2.22. The highest BCUT2D eigenvalue weighted by atomic mass is 16.4. The Morgan fingerprint density at radius 2 is 1.88 bits per heavy atom. The smallest absolute Gasteiger partial charge is 0.336 e. The van der Waals surface area contributed by atoms with Gasteiger partial charge in [0.15, 0.2) is 5.78 Å². The number of fused-ring (bicyclic) bond motifs is 3. The maximum Gasteiger partial charge on any atom is 0.336 e. The quantitative estimate of drug-likeness (QED) is 0.794. The van der Waals surface area contributed by atoms with E-state index in [0.717, 1.165) is 11.1 Å². The summed E-state index contributed by atoms with van der Waals surface area (Å²) >= 11 is 0. The molecule has 0 unspecified atom stereocenters. The molecule has 0 spiro atoms. The van der Waals surface area contributed by atoms with Crippen LogP contribution in [0.2, 0.25) is 0 Å². The lowest BCUT2D eigenvalue weighted by molar-refractivity contribution is -0.132. The number of benzene rings is 1. The van der Waals surface area contributed by atoms with E-state index in [2.05, 4.69) is 0 Å². The monoisotopic (exact) mass is 224 g/mol. The van der Waals surface area contributed by atoms with Crippen LogP contribution in [0.25, 0.3) is 11.6 Å². The number of carboxylic acid groups (broad SMARTS) is 1. The molecule has 0 fully saturated rings. The van der Waals surface area contributed by atoms with Gasteiger partial charge < -0.3 is 5.11 Å². The van der Waals surface area contributed by atoms with Crippen molar-refractivity contribution in [3.8, 4) is 0 Å². The van der Waals surface area contributed by atoms with E-state index in [1.54, 1.807) is 6.08 Å². The third-order valence-corrected chi connectivity index (χ3v) is 2.97. The van der Waals surface area contributed by atoms with Crippen molar-refractivity contribution >= 4 is 23.4 Å². The standard InChI is InChI=1S/C14H8O3/c15-12-6-5-10(14(16)17)13-9-4-2-1-3-8(9)7-11(12)13/h1-7H,(H,16,17). The molecule has 82 valence electrons. The maximum absolute atomic E-state index is 11.7. The molecule has 0 heterocycles. The molecule has 0 saturated heterocycles. The van der Waals surface area contributed by atoms with Crippen molar-refractivity contribution in [2.75, 3.05) is 0 Å². The molecule has 1 aromatic rings. The van der Waals surface area contributed by atoms with E-state index >= 15 is 0 Å². The number of rotatable bonds is 1. The highest BCUT2D eigenvalue weighted by molar-refractivity contribution is 6.27. The van der Waals surface area contributed by atoms with Crippen molar-refractivity contribution in [2.24, 2.45) is 0 Å². The fraction of sp³-hybridized carbons (Fsp3) is 0. The number of allylic oxidation sites excluding steroid dienone is 3. The van der Waals surface area contributed by atoms with Crippen LogP contribution in [0.1, 0.15) is 11.1 Å². The molecule has 0 saturated carbocycles. The van der Waals surface area contributed by atoms with Gasteiger partial charge in [0.05, 0.1) is 5.57 Å². The lowest BCUT2D eigenvalue weighted by Gasteiger charge is -2.11. The summed E-state index contributed by atoms with van der Waals surface area (Å²) in [6.45, 7) is 0. The van der Waals surface area contributed by atoms with Gasteiger partial charge in [0.1, 0.15) is 0 Å². The lowest BCUT2D eigenvalue weighted by atomic mass is 9.90. The molecule has 17 heavy (non-hydrogen) atoms. The Bertz CT molecular complexity index is 645. The molecule has 1 aromatic carbocycles. The van der Waals surface area contributed by atoms with Crippen LogP contribution >= 0.6 is 0 Å². The summed E-state index contributed by atoms with van der Waals surface area (Å²) in [5.74, 6) is -1.15. The minimum atomic E-state index is -1.01. The highest BCUT2D eigenvalue weighted by Crippen LogP contribution is 2.40. The van der Waals surface area contributed by atoms with Crippen molar-refractivity contribution < 1.29 is 14.7 Å². The van der Waals surface area contributed by atoms with Crippen molar-refractivity contribution in [3.63, 3.8) is 0 Å². The Kier molecular flexibility index (Phi) is 1.89. The van der Waals surface area contributed by atoms with Gasteiger partial charge in [-0.25, -0.2) is 4.79 Å². The van der Waals surface area contributed by atoms with Gasteiger partial charge in [-0.2, -0.15) is 0 Å². The number of carbonyl (C=O) groups excluding carboxylic acids is 1. The summed E-state index contributed by atoms with van der Waals surface area (Å²) in [4.78, 5) is 22.9. The first-order chi connectivity index (χ1) is 8.18. The van der Waals surface area contributed by atoms with Gasteiger partial charge in [-0.1, -0.05) is 24.3 Å². The molecule has 2 aliphatic rings. The van der Waals surface area contributed by atoms with Gasteiger partial charge >= 0.3 is 5.97 Å². The van der Waals surface area contributed by atoms with Crippen LogP contribution in [0.4, 0.5) is 0 Å². The van der Waals surface area contributed by atoms with E-state index in [-0.39, 0.29) is 11.4 Å². The second-order valence-electron chi connectivity index (χ2n) is 3.94. The molecular formula is C14H8O3. The first-order valence-corrected chi connectivity index (χ1v) is 5.20. The molecule has 3 heteroatoms. The van der Waals surface area contributed by atoms with E-state index in [1.165, 1.54) is 12.2 Å². The van der Waals surface area contributed by atoms with Crippen molar-refractivity contribution in [1.29, 1.82) is 0 Å². The van der Waals surface area contributed by atoms with E-state index < -0.39 is 5.97 Å². The Hall–Kier alpha value is -2.42. The molecule has 1 N–H and O–H groups in total. The zero-order valence-corrected chi connectivity index (χ0v) is 8.81. The summed E-state index contributed by atoms with van der Waals surface area (Å²) in [5, 5.41) is 9.15. The summed E-state index contributed by atoms with van der Waals surface area (Å²) < 4.78 is 0. The molecule has 0 amide bonds. The number of hydrogen-bond donors (Lipinski definition) is 1. The Morgan fingerprint density at radius 1 is 1.12 bits per heavy atom. The van der Waals surface area contributed by atoms with E-state index in [0.29, 0.717) is 11.1 Å². The summed E-state index contributed by atoms with van der Waals surface area (Å²) in [6.07, 6.45) is 4.43. The first kappa shape index (κ1) is 9.78. The second kappa shape index (κ2) is 3.28. The molecule has 0 aromatic heterocycles. The van der Waals surface area contributed by atoms with Crippen LogP contribution in [-0.4, -0.2) is 16.9 Å². The van der Waals surface area contributed by atoms with Crippen LogP contribution in [-0.2, 0) is 9.59 Å². The van der Waals surface area contributed by atoms with Crippen molar-refractivity contribution in [3.05, 3.63) is 58.7 Å². The molecule has 0 bridgehead atoms. The zero-order valence-electron chi connectivity index (χ0n) is 8.81.